The average Bonchev–Trinajstić information content (AvgIpc) is 2.44. The van der Waals surface area contributed by atoms with Crippen LogP contribution in [0.4, 0.5) is 0 Å². The lowest BCUT2D eigenvalue weighted by atomic mass is 9.67. The molecule has 1 aliphatic rings. The molecule has 20 heavy (non-hydrogen) atoms. The second-order valence-corrected chi connectivity index (χ2v) is 5.90. The highest BCUT2D eigenvalue weighted by atomic mass is 16.1. The first-order valence-corrected chi connectivity index (χ1v) is 7.71. The first kappa shape index (κ1) is 15.0. The summed E-state index contributed by atoms with van der Waals surface area (Å²) in [4.78, 5) is 12.4. The Morgan fingerprint density at radius 1 is 1.30 bits per heavy atom. The number of carbonyl (C=O) groups excluding carboxylic acids is 1. The molecule has 0 bridgehead atoms. The molecule has 1 aromatic carbocycles. The number of rotatable bonds is 7. The Morgan fingerprint density at radius 2 is 2.05 bits per heavy atom. The highest BCUT2D eigenvalue weighted by Crippen LogP contribution is 2.43. The van der Waals surface area contributed by atoms with E-state index in [0.717, 1.165) is 37.1 Å². The van der Waals surface area contributed by atoms with Gasteiger partial charge in [-0.25, -0.2) is 0 Å². The van der Waals surface area contributed by atoms with E-state index in [-0.39, 0.29) is 5.91 Å². The van der Waals surface area contributed by atoms with E-state index >= 15 is 0 Å². The van der Waals surface area contributed by atoms with E-state index in [4.69, 9.17) is 0 Å². The predicted molar refractivity (Wildman–Crippen MR) is 83.0 cm³/mol. The third-order valence-corrected chi connectivity index (χ3v) is 4.69. The normalized spacial score (nSPS) is 16.5. The Morgan fingerprint density at radius 3 is 2.65 bits per heavy atom. The van der Waals surface area contributed by atoms with Gasteiger partial charge in [-0.05, 0) is 56.3 Å². The van der Waals surface area contributed by atoms with Crippen molar-refractivity contribution in [3.05, 3.63) is 35.4 Å². The molecule has 1 aliphatic carbocycles. The van der Waals surface area contributed by atoms with Gasteiger partial charge in [0, 0.05) is 12.1 Å². The maximum absolute atomic E-state index is 12.4. The number of amides is 1. The van der Waals surface area contributed by atoms with Crippen LogP contribution >= 0.6 is 0 Å². The summed E-state index contributed by atoms with van der Waals surface area (Å²) in [7, 11) is 1.93. The minimum atomic E-state index is 0.0800. The van der Waals surface area contributed by atoms with Gasteiger partial charge in [0.2, 0.25) is 0 Å². The number of likely N-dealkylation sites (N-methyl/N-ethyl adjacent to an activating group) is 1. The third-order valence-electron chi connectivity index (χ3n) is 4.69. The van der Waals surface area contributed by atoms with Gasteiger partial charge < -0.3 is 10.6 Å². The summed E-state index contributed by atoms with van der Waals surface area (Å²) in [5.41, 5.74) is 2.32. The molecular formula is C17H26N2O. The molecule has 0 radical (unpaired) electrons. The van der Waals surface area contributed by atoms with Crippen molar-refractivity contribution in [2.75, 3.05) is 20.1 Å². The molecule has 0 heterocycles. The Hall–Kier alpha value is -1.35. The molecular weight excluding hydrogens is 248 g/mol. The van der Waals surface area contributed by atoms with Crippen molar-refractivity contribution in [1.82, 2.24) is 10.6 Å². The molecule has 0 aliphatic heterocycles. The summed E-state index contributed by atoms with van der Waals surface area (Å²) in [6, 6.07) is 7.92. The fraction of sp³-hybridized carbons (Fsp3) is 0.588. The average molecular weight is 274 g/mol. The highest BCUT2D eigenvalue weighted by Gasteiger charge is 2.35. The molecule has 2 N–H and O–H groups in total. The van der Waals surface area contributed by atoms with E-state index in [9.17, 15) is 4.79 Å². The Kier molecular flexibility index (Phi) is 5.18. The molecule has 3 nitrogen and oxygen atoms in total. The van der Waals surface area contributed by atoms with Gasteiger partial charge in [-0.15, -0.1) is 0 Å². The van der Waals surface area contributed by atoms with E-state index in [1.807, 2.05) is 31.3 Å². The minimum absolute atomic E-state index is 0.0800. The molecule has 2 rings (SSSR count). The third kappa shape index (κ3) is 3.40. The zero-order chi connectivity index (χ0) is 14.4. The smallest absolute Gasteiger partial charge is 0.251 e. The van der Waals surface area contributed by atoms with E-state index in [0.29, 0.717) is 5.41 Å². The van der Waals surface area contributed by atoms with Crippen molar-refractivity contribution in [3.63, 3.8) is 0 Å². The van der Waals surface area contributed by atoms with Crippen LogP contribution in [0, 0.1) is 5.41 Å². The number of benzene rings is 1. The van der Waals surface area contributed by atoms with Crippen LogP contribution in [0.2, 0.25) is 0 Å². The van der Waals surface area contributed by atoms with Crippen LogP contribution < -0.4 is 10.6 Å². The molecule has 0 unspecified atom stereocenters. The van der Waals surface area contributed by atoms with Gasteiger partial charge in [-0.2, -0.15) is 0 Å². The highest BCUT2D eigenvalue weighted by molar-refractivity contribution is 5.95. The standard InChI is InChI=1S/C17H26N2O/c1-3-17(10-6-11-17)13-19-16(20)15-8-5-4-7-14(15)9-12-18-2/h4-5,7-8,18H,3,6,9-13H2,1-2H3,(H,19,20). The van der Waals surface area contributed by atoms with Crippen molar-refractivity contribution in [3.8, 4) is 0 Å². The maximum Gasteiger partial charge on any atom is 0.251 e. The number of carbonyl (C=O) groups is 1. The number of hydrogen-bond acceptors (Lipinski definition) is 2. The van der Waals surface area contributed by atoms with Crippen LogP contribution in [0.1, 0.15) is 48.5 Å². The van der Waals surface area contributed by atoms with Gasteiger partial charge in [0.05, 0.1) is 0 Å². The summed E-state index contributed by atoms with van der Waals surface area (Å²) >= 11 is 0. The Labute approximate surface area is 122 Å². The van der Waals surface area contributed by atoms with Crippen molar-refractivity contribution in [2.24, 2.45) is 5.41 Å². The zero-order valence-electron chi connectivity index (χ0n) is 12.7. The molecule has 0 saturated heterocycles. The second kappa shape index (κ2) is 6.89. The zero-order valence-corrected chi connectivity index (χ0v) is 12.7. The summed E-state index contributed by atoms with van der Waals surface area (Å²) in [6.45, 7) is 3.94. The molecule has 0 aromatic heterocycles. The molecule has 3 heteroatoms. The lowest BCUT2D eigenvalue weighted by Crippen LogP contribution is -2.41. The largest absolute Gasteiger partial charge is 0.351 e. The van der Waals surface area contributed by atoms with Crippen LogP contribution in [0.5, 0.6) is 0 Å². The van der Waals surface area contributed by atoms with Crippen LogP contribution in [-0.4, -0.2) is 26.0 Å². The molecule has 0 spiro atoms. The van der Waals surface area contributed by atoms with Gasteiger partial charge in [0.25, 0.3) is 5.91 Å². The molecule has 110 valence electrons. The van der Waals surface area contributed by atoms with Gasteiger partial charge in [0.15, 0.2) is 0 Å². The minimum Gasteiger partial charge on any atom is -0.351 e. The van der Waals surface area contributed by atoms with Gasteiger partial charge in [0.1, 0.15) is 0 Å². The summed E-state index contributed by atoms with van der Waals surface area (Å²) in [5.74, 6) is 0.0800. The van der Waals surface area contributed by atoms with Gasteiger partial charge in [-0.3, -0.25) is 4.79 Å². The SMILES string of the molecule is CCC1(CNC(=O)c2ccccc2CCNC)CCC1. The van der Waals surface area contributed by atoms with Crippen molar-refractivity contribution in [1.29, 1.82) is 0 Å². The number of hydrogen-bond donors (Lipinski definition) is 2. The van der Waals surface area contributed by atoms with E-state index in [2.05, 4.69) is 17.6 Å². The number of nitrogens with one attached hydrogen (secondary N) is 2. The topological polar surface area (TPSA) is 41.1 Å². The van der Waals surface area contributed by atoms with Crippen LogP contribution in [0.25, 0.3) is 0 Å². The van der Waals surface area contributed by atoms with Crippen LogP contribution in [0.15, 0.2) is 24.3 Å². The van der Waals surface area contributed by atoms with E-state index in [1.165, 1.54) is 19.3 Å². The lowest BCUT2D eigenvalue weighted by Gasteiger charge is -2.41. The van der Waals surface area contributed by atoms with Crippen LogP contribution in [0.3, 0.4) is 0 Å². The fourth-order valence-corrected chi connectivity index (χ4v) is 2.91. The monoisotopic (exact) mass is 274 g/mol. The molecule has 1 saturated carbocycles. The van der Waals surface area contributed by atoms with E-state index < -0.39 is 0 Å². The second-order valence-electron chi connectivity index (χ2n) is 5.90. The first-order valence-electron chi connectivity index (χ1n) is 7.71. The molecule has 1 fully saturated rings. The summed E-state index contributed by atoms with van der Waals surface area (Å²) < 4.78 is 0. The summed E-state index contributed by atoms with van der Waals surface area (Å²) in [5, 5.41) is 6.28. The van der Waals surface area contributed by atoms with Gasteiger partial charge >= 0.3 is 0 Å². The first-order chi connectivity index (χ1) is 9.71. The Bertz CT molecular complexity index is 447. The van der Waals surface area contributed by atoms with Crippen LogP contribution in [-0.2, 0) is 6.42 Å². The van der Waals surface area contributed by atoms with Crippen molar-refractivity contribution >= 4 is 5.91 Å². The molecule has 1 aromatic rings. The maximum atomic E-state index is 12.4. The van der Waals surface area contributed by atoms with Gasteiger partial charge in [-0.1, -0.05) is 31.5 Å². The lowest BCUT2D eigenvalue weighted by molar-refractivity contribution is 0.0849. The summed E-state index contributed by atoms with van der Waals surface area (Å²) in [6.07, 6.45) is 5.87. The Balaban J connectivity index is 1.98. The van der Waals surface area contributed by atoms with E-state index in [1.54, 1.807) is 0 Å². The fourth-order valence-electron chi connectivity index (χ4n) is 2.91. The predicted octanol–water partition coefficient (Wildman–Crippen LogP) is 2.76. The molecule has 1 amide bonds. The quantitative estimate of drug-likeness (QED) is 0.802. The van der Waals surface area contributed by atoms with Crippen molar-refractivity contribution in [2.45, 2.75) is 39.0 Å². The van der Waals surface area contributed by atoms with Crippen molar-refractivity contribution < 1.29 is 4.79 Å². The molecule has 0 atom stereocenters.